The van der Waals surface area contributed by atoms with Gasteiger partial charge in [0, 0.05) is 20.1 Å². The second-order valence-corrected chi connectivity index (χ2v) is 3.86. The van der Waals surface area contributed by atoms with Gasteiger partial charge in [0.15, 0.2) is 0 Å². The summed E-state index contributed by atoms with van der Waals surface area (Å²) in [5.74, 6) is 0.0143. The lowest BCUT2D eigenvalue weighted by Gasteiger charge is -2.34. The Hall–Kier alpha value is -0.610. The SMILES string of the molecule is CC(OC1CC(N)C1)C(=O)N(C)C. The minimum Gasteiger partial charge on any atom is -0.365 e. The van der Waals surface area contributed by atoms with Crippen molar-refractivity contribution in [3.05, 3.63) is 0 Å². The van der Waals surface area contributed by atoms with Crippen molar-refractivity contribution in [3.63, 3.8) is 0 Å². The number of carbonyl (C=O) groups is 1. The van der Waals surface area contributed by atoms with Crippen molar-refractivity contribution in [2.45, 2.75) is 38.0 Å². The molecule has 1 rings (SSSR count). The summed E-state index contributed by atoms with van der Waals surface area (Å²) < 4.78 is 5.51. The second-order valence-electron chi connectivity index (χ2n) is 3.86. The number of rotatable bonds is 3. The van der Waals surface area contributed by atoms with E-state index in [-0.39, 0.29) is 24.2 Å². The summed E-state index contributed by atoms with van der Waals surface area (Å²) in [5, 5.41) is 0. The minimum absolute atomic E-state index is 0.0143. The first-order valence-electron chi connectivity index (χ1n) is 4.63. The zero-order valence-corrected chi connectivity index (χ0v) is 8.49. The molecule has 0 heterocycles. The van der Waals surface area contributed by atoms with E-state index in [4.69, 9.17) is 10.5 Å². The lowest BCUT2D eigenvalue weighted by atomic mass is 9.90. The molecule has 0 aromatic heterocycles. The fraction of sp³-hybridized carbons (Fsp3) is 0.889. The molecule has 1 aliphatic rings. The number of amides is 1. The molecule has 76 valence electrons. The number of hydrogen-bond donors (Lipinski definition) is 1. The first kappa shape index (κ1) is 10.5. The Morgan fingerprint density at radius 2 is 2.08 bits per heavy atom. The van der Waals surface area contributed by atoms with Gasteiger partial charge >= 0.3 is 0 Å². The molecule has 0 spiro atoms. The van der Waals surface area contributed by atoms with Crippen LogP contribution in [0.25, 0.3) is 0 Å². The lowest BCUT2D eigenvalue weighted by Crippen LogP contribution is -2.45. The van der Waals surface area contributed by atoms with Crippen LogP contribution in [0, 0.1) is 0 Å². The Balaban J connectivity index is 2.25. The van der Waals surface area contributed by atoms with Gasteiger partial charge in [-0.05, 0) is 19.8 Å². The highest BCUT2D eigenvalue weighted by atomic mass is 16.5. The maximum absolute atomic E-state index is 11.4. The van der Waals surface area contributed by atoms with Crippen LogP contribution in [0.1, 0.15) is 19.8 Å². The highest BCUT2D eigenvalue weighted by molar-refractivity contribution is 5.79. The van der Waals surface area contributed by atoms with E-state index in [9.17, 15) is 4.79 Å². The molecule has 2 N–H and O–H groups in total. The highest BCUT2D eigenvalue weighted by Gasteiger charge is 2.30. The maximum atomic E-state index is 11.4. The van der Waals surface area contributed by atoms with Crippen LogP contribution >= 0.6 is 0 Å². The minimum atomic E-state index is -0.340. The van der Waals surface area contributed by atoms with E-state index >= 15 is 0 Å². The molecule has 1 saturated carbocycles. The van der Waals surface area contributed by atoms with Gasteiger partial charge in [0.2, 0.25) is 0 Å². The van der Waals surface area contributed by atoms with Crippen LogP contribution in [-0.2, 0) is 9.53 Å². The molecule has 0 aliphatic heterocycles. The van der Waals surface area contributed by atoms with Gasteiger partial charge in [0.05, 0.1) is 6.10 Å². The van der Waals surface area contributed by atoms with Gasteiger partial charge in [-0.15, -0.1) is 0 Å². The van der Waals surface area contributed by atoms with E-state index in [1.807, 2.05) is 0 Å². The molecule has 1 fully saturated rings. The lowest BCUT2D eigenvalue weighted by molar-refractivity contribution is -0.147. The fourth-order valence-corrected chi connectivity index (χ4v) is 1.43. The summed E-state index contributed by atoms with van der Waals surface area (Å²) >= 11 is 0. The zero-order chi connectivity index (χ0) is 10.0. The molecule has 0 radical (unpaired) electrons. The molecule has 0 aromatic carbocycles. The molecular formula is C9H18N2O2. The zero-order valence-electron chi connectivity index (χ0n) is 8.49. The Morgan fingerprint density at radius 1 is 1.54 bits per heavy atom. The number of nitrogens with zero attached hydrogens (tertiary/aromatic N) is 1. The Labute approximate surface area is 79.0 Å². The largest absolute Gasteiger partial charge is 0.365 e. The van der Waals surface area contributed by atoms with Gasteiger partial charge in [-0.1, -0.05) is 0 Å². The van der Waals surface area contributed by atoms with Crippen LogP contribution < -0.4 is 5.73 Å². The standard InChI is InChI=1S/C9H18N2O2/c1-6(9(12)11(2)3)13-8-4-7(10)5-8/h6-8H,4-5,10H2,1-3H3. The van der Waals surface area contributed by atoms with E-state index in [2.05, 4.69) is 0 Å². The second kappa shape index (κ2) is 4.07. The number of hydrogen-bond acceptors (Lipinski definition) is 3. The van der Waals surface area contributed by atoms with Crippen LogP contribution in [0.15, 0.2) is 0 Å². The molecule has 0 aromatic rings. The smallest absolute Gasteiger partial charge is 0.250 e. The topological polar surface area (TPSA) is 55.6 Å². The number of carbonyl (C=O) groups excluding carboxylic acids is 1. The van der Waals surface area contributed by atoms with Crippen LogP contribution in [-0.4, -0.2) is 43.2 Å². The summed E-state index contributed by atoms with van der Waals surface area (Å²) in [6, 6.07) is 0.270. The van der Waals surface area contributed by atoms with Crippen molar-refractivity contribution in [1.29, 1.82) is 0 Å². The quantitative estimate of drug-likeness (QED) is 0.673. The summed E-state index contributed by atoms with van der Waals surface area (Å²) in [5.41, 5.74) is 5.61. The predicted octanol–water partition coefficient (Wildman–Crippen LogP) is -0.0306. The third kappa shape index (κ3) is 2.67. The molecule has 0 saturated heterocycles. The van der Waals surface area contributed by atoms with Crippen LogP contribution in [0.2, 0.25) is 0 Å². The molecule has 0 bridgehead atoms. The predicted molar refractivity (Wildman–Crippen MR) is 50.2 cm³/mol. The molecule has 1 aliphatic carbocycles. The number of ether oxygens (including phenoxy) is 1. The monoisotopic (exact) mass is 186 g/mol. The molecule has 13 heavy (non-hydrogen) atoms. The maximum Gasteiger partial charge on any atom is 0.250 e. The number of likely N-dealkylation sites (N-methyl/N-ethyl adjacent to an activating group) is 1. The third-order valence-corrected chi connectivity index (χ3v) is 2.32. The first-order valence-corrected chi connectivity index (χ1v) is 4.63. The van der Waals surface area contributed by atoms with E-state index in [1.165, 1.54) is 0 Å². The third-order valence-electron chi connectivity index (χ3n) is 2.32. The average Bonchev–Trinajstić information content (AvgIpc) is 2.00. The van der Waals surface area contributed by atoms with E-state index < -0.39 is 0 Å². The van der Waals surface area contributed by atoms with Crippen molar-refractivity contribution in [2.75, 3.05) is 14.1 Å². The van der Waals surface area contributed by atoms with Crippen LogP contribution in [0.5, 0.6) is 0 Å². The van der Waals surface area contributed by atoms with Crippen LogP contribution in [0.4, 0.5) is 0 Å². The van der Waals surface area contributed by atoms with E-state index in [0.29, 0.717) is 0 Å². The Kier molecular flexibility index (Phi) is 3.27. The molecule has 4 heteroatoms. The van der Waals surface area contributed by atoms with Crippen molar-refractivity contribution in [3.8, 4) is 0 Å². The average molecular weight is 186 g/mol. The van der Waals surface area contributed by atoms with E-state index in [1.54, 1.807) is 25.9 Å². The van der Waals surface area contributed by atoms with Crippen molar-refractivity contribution in [2.24, 2.45) is 5.73 Å². The Bertz CT molecular complexity index is 188. The molecule has 1 amide bonds. The molecule has 1 atom stereocenters. The molecule has 1 unspecified atom stereocenters. The first-order chi connectivity index (χ1) is 6.00. The normalized spacial score (nSPS) is 29.2. The van der Waals surface area contributed by atoms with Gasteiger partial charge in [0.1, 0.15) is 6.10 Å². The number of nitrogens with two attached hydrogens (primary N) is 1. The van der Waals surface area contributed by atoms with Gasteiger partial charge < -0.3 is 15.4 Å². The summed E-state index contributed by atoms with van der Waals surface area (Å²) in [6.45, 7) is 1.78. The van der Waals surface area contributed by atoms with Gasteiger partial charge in [-0.25, -0.2) is 0 Å². The van der Waals surface area contributed by atoms with Crippen molar-refractivity contribution in [1.82, 2.24) is 4.90 Å². The van der Waals surface area contributed by atoms with Gasteiger partial charge in [-0.3, -0.25) is 4.79 Å². The summed E-state index contributed by atoms with van der Waals surface area (Å²) in [7, 11) is 3.46. The van der Waals surface area contributed by atoms with Crippen molar-refractivity contribution < 1.29 is 9.53 Å². The highest BCUT2D eigenvalue weighted by Crippen LogP contribution is 2.22. The summed E-state index contributed by atoms with van der Waals surface area (Å²) in [4.78, 5) is 12.9. The Morgan fingerprint density at radius 3 is 2.46 bits per heavy atom. The fourth-order valence-electron chi connectivity index (χ4n) is 1.43. The van der Waals surface area contributed by atoms with Gasteiger partial charge in [0.25, 0.3) is 5.91 Å². The van der Waals surface area contributed by atoms with Gasteiger partial charge in [-0.2, -0.15) is 0 Å². The molecular weight excluding hydrogens is 168 g/mol. The van der Waals surface area contributed by atoms with E-state index in [0.717, 1.165) is 12.8 Å². The van der Waals surface area contributed by atoms with Crippen LogP contribution in [0.3, 0.4) is 0 Å². The molecule has 4 nitrogen and oxygen atoms in total. The summed E-state index contributed by atoms with van der Waals surface area (Å²) in [6.07, 6.45) is 1.61. The van der Waals surface area contributed by atoms with Crippen molar-refractivity contribution >= 4 is 5.91 Å².